The Bertz CT molecular complexity index is 475. The van der Waals surface area contributed by atoms with E-state index in [1.54, 1.807) is 7.11 Å². The van der Waals surface area contributed by atoms with Crippen molar-refractivity contribution < 1.29 is 9.47 Å². The lowest BCUT2D eigenvalue weighted by molar-refractivity contribution is 0.217. The molecule has 1 aliphatic heterocycles. The molecule has 4 N–H and O–H groups in total. The van der Waals surface area contributed by atoms with Crippen molar-refractivity contribution in [3.8, 4) is 11.5 Å². The van der Waals surface area contributed by atoms with E-state index in [9.17, 15) is 0 Å². The predicted octanol–water partition coefficient (Wildman–Crippen LogP) is 2.18. The van der Waals surface area contributed by atoms with E-state index in [1.807, 2.05) is 18.2 Å². The van der Waals surface area contributed by atoms with Gasteiger partial charge in [-0.15, -0.1) is 11.8 Å². The van der Waals surface area contributed by atoms with Gasteiger partial charge in [-0.3, -0.25) is 0 Å². The van der Waals surface area contributed by atoms with Crippen molar-refractivity contribution in [1.82, 2.24) is 0 Å². The van der Waals surface area contributed by atoms with E-state index in [-0.39, 0.29) is 11.6 Å². The summed E-state index contributed by atoms with van der Waals surface area (Å²) in [4.78, 5) is 0. The van der Waals surface area contributed by atoms with Crippen LogP contribution < -0.4 is 20.9 Å². The minimum absolute atomic E-state index is 0.169. The molecule has 2 rings (SSSR count). The quantitative estimate of drug-likeness (QED) is 0.827. The predicted molar refractivity (Wildman–Crippen MR) is 80.3 cm³/mol. The van der Waals surface area contributed by atoms with Gasteiger partial charge in [0.05, 0.1) is 13.2 Å². The van der Waals surface area contributed by atoms with Gasteiger partial charge in [0.2, 0.25) is 0 Å². The molecule has 1 aromatic carbocycles. The fraction of sp³-hybridized carbons (Fsp3) is 0.429. The molecule has 0 amide bonds. The molecule has 4 nitrogen and oxygen atoms in total. The van der Waals surface area contributed by atoms with Gasteiger partial charge in [0.25, 0.3) is 0 Å². The molecule has 1 aliphatic rings. The van der Waals surface area contributed by atoms with E-state index in [4.69, 9.17) is 20.9 Å². The van der Waals surface area contributed by atoms with Gasteiger partial charge in [-0.05, 0) is 24.6 Å². The number of rotatable bonds is 4. The van der Waals surface area contributed by atoms with E-state index in [0.717, 1.165) is 29.2 Å². The van der Waals surface area contributed by atoms with Crippen LogP contribution in [0.2, 0.25) is 0 Å². The molecule has 0 aliphatic carbocycles. The zero-order valence-electron chi connectivity index (χ0n) is 11.3. The Morgan fingerprint density at radius 1 is 1.53 bits per heavy atom. The second kappa shape index (κ2) is 6.32. The molecule has 19 heavy (non-hydrogen) atoms. The normalized spacial score (nSPS) is 20.3. The molecule has 5 heteroatoms. The Balaban J connectivity index is 2.23. The molecular weight excluding hydrogens is 260 g/mol. The summed E-state index contributed by atoms with van der Waals surface area (Å²) in [6, 6.07) is 5.92. The number of ether oxygens (including phenoxy) is 2. The minimum Gasteiger partial charge on any atom is -0.497 e. The molecule has 1 atom stereocenters. The summed E-state index contributed by atoms with van der Waals surface area (Å²) in [6.07, 6.45) is 3.25. The topological polar surface area (TPSA) is 70.5 Å². The first-order valence-electron chi connectivity index (χ1n) is 6.27. The lowest BCUT2D eigenvalue weighted by Gasteiger charge is -2.26. The average Bonchev–Trinajstić information content (AvgIpc) is 2.37. The average molecular weight is 280 g/mol. The minimum atomic E-state index is -0.329. The van der Waals surface area contributed by atoms with E-state index in [2.05, 4.69) is 13.0 Å². The van der Waals surface area contributed by atoms with Crippen LogP contribution in [-0.4, -0.2) is 24.5 Å². The highest BCUT2D eigenvalue weighted by molar-refractivity contribution is 7.99. The van der Waals surface area contributed by atoms with Crippen molar-refractivity contribution in [1.29, 1.82) is 0 Å². The lowest BCUT2D eigenvalue weighted by atomic mass is 9.96. The monoisotopic (exact) mass is 280 g/mol. The van der Waals surface area contributed by atoms with Crippen molar-refractivity contribution >= 4 is 17.3 Å². The molecule has 0 unspecified atom stereocenters. The fourth-order valence-electron chi connectivity index (χ4n) is 2.12. The molecule has 0 saturated heterocycles. The number of hydrogen-bond donors (Lipinski definition) is 2. The van der Waals surface area contributed by atoms with Gasteiger partial charge in [0, 0.05) is 23.8 Å². The highest BCUT2D eigenvalue weighted by atomic mass is 32.2. The van der Waals surface area contributed by atoms with Gasteiger partial charge in [-0.1, -0.05) is 6.08 Å². The third-order valence-corrected chi connectivity index (χ3v) is 3.73. The van der Waals surface area contributed by atoms with E-state index < -0.39 is 0 Å². The maximum Gasteiger partial charge on any atom is 0.130 e. The highest BCUT2D eigenvalue weighted by Crippen LogP contribution is 2.38. The van der Waals surface area contributed by atoms with Crippen LogP contribution in [0.1, 0.15) is 18.9 Å². The standard InChI is InChI=1S/C14H20N2O2S/c1-9-7-10(5-6-19-14(15)16)12-4-3-11(17-2)8-13(12)18-9/h3-5,8-9,14H,6-7,15-16H2,1-2H3/b10-5+/t9-/m0/s1. The lowest BCUT2D eigenvalue weighted by Crippen LogP contribution is -2.26. The first kappa shape index (κ1) is 14.2. The van der Waals surface area contributed by atoms with Gasteiger partial charge in [0.1, 0.15) is 17.0 Å². The smallest absolute Gasteiger partial charge is 0.130 e. The van der Waals surface area contributed by atoms with Crippen LogP contribution in [-0.2, 0) is 0 Å². The van der Waals surface area contributed by atoms with Gasteiger partial charge in [-0.2, -0.15) is 0 Å². The number of hydrogen-bond acceptors (Lipinski definition) is 5. The number of methoxy groups -OCH3 is 1. The van der Waals surface area contributed by atoms with Gasteiger partial charge in [-0.25, -0.2) is 0 Å². The Hall–Kier alpha value is -1.17. The molecule has 0 spiro atoms. The van der Waals surface area contributed by atoms with Crippen LogP contribution in [0.25, 0.3) is 5.57 Å². The molecule has 0 bridgehead atoms. The van der Waals surface area contributed by atoms with Crippen molar-refractivity contribution in [3.63, 3.8) is 0 Å². The van der Waals surface area contributed by atoms with Crippen LogP contribution >= 0.6 is 11.8 Å². The third-order valence-electron chi connectivity index (χ3n) is 2.99. The Morgan fingerprint density at radius 3 is 3.00 bits per heavy atom. The van der Waals surface area contributed by atoms with Crippen molar-refractivity contribution in [2.75, 3.05) is 12.9 Å². The molecule has 0 saturated carbocycles. The van der Waals surface area contributed by atoms with Crippen molar-refractivity contribution in [2.45, 2.75) is 24.9 Å². The largest absolute Gasteiger partial charge is 0.497 e. The van der Waals surface area contributed by atoms with Crippen LogP contribution in [0.3, 0.4) is 0 Å². The fourth-order valence-corrected chi connectivity index (χ4v) is 2.64. The Labute approximate surface area is 118 Å². The summed E-state index contributed by atoms with van der Waals surface area (Å²) in [7, 11) is 1.66. The maximum absolute atomic E-state index is 5.85. The molecule has 1 aromatic rings. The second-order valence-corrected chi connectivity index (χ2v) is 5.73. The molecule has 0 radical (unpaired) electrons. The van der Waals surface area contributed by atoms with Crippen LogP contribution in [0.5, 0.6) is 11.5 Å². The summed E-state index contributed by atoms with van der Waals surface area (Å²) in [5.41, 5.74) is 13.2. The summed E-state index contributed by atoms with van der Waals surface area (Å²) in [5.74, 6) is 2.50. The summed E-state index contributed by atoms with van der Waals surface area (Å²) >= 11 is 1.52. The van der Waals surface area contributed by atoms with Crippen molar-refractivity contribution in [2.24, 2.45) is 11.5 Å². The SMILES string of the molecule is COc1ccc2c(c1)O[C@@H](C)C/C2=C\CSC(N)N. The first-order valence-corrected chi connectivity index (χ1v) is 7.32. The van der Waals surface area contributed by atoms with Gasteiger partial charge < -0.3 is 20.9 Å². The van der Waals surface area contributed by atoms with Gasteiger partial charge >= 0.3 is 0 Å². The maximum atomic E-state index is 5.85. The van der Waals surface area contributed by atoms with Crippen molar-refractivity contribution in [3.05, 3.63) is 29.8 Å². The van der Waals surface area contributed by atoms with Gasteiger partial charge in [0.15, 0.2) is 0 Å². The van der Waals surface area contributed by atoms with E-state index >= 15 is 0 Å². The van der Waals surface area contributed by atoms with Crippen LogP contribution in [0, 0.1) is 0 Å². The molecule has 104 valence electrons. The summed E-state index contributed by atoms with van der Waals surface area (Å²) in [5, 5.41) is 0. The zero-order valence-corrected chi connectivity index (χ0v) is 12.1. The summed E-state index contributed by atoms with van der Waals surface area (Å²) < 4.78 is 11.1. The van der Waals surface area contributed by atoms with Crippen LogP contribution in [0.4, 0.5) is 0 Å². The Morgan fingerprint density at radius 2 is 2.32 bits per heavy atom. The summed E-state index contributed by atoms with van der Waals surface area (Å²) in [6.45, 7) is 2.07. The number of thioether (sulfide) groups is 1. The van der Waals surface area contributed by atoms with E-state index in [1.165, 1.54) is 17.3 Å². The first-order chi connectivity index (χ1) is 9.10. The Kier molecular flexibility index (Phi) is 4.74. The molecular formula is C14H20N2O2S. The molecule has 0 aromatic heterocycles. The van der Waals surface area contributed by atoms with Crippen LogP contribution in [0.15, 0.2) is 24.3 Å². The zero-order chi connectivity index (χ0) is 13.8. The number of nitrogens with two attached hydrogens (primary N) is 2. The van der Waals surface area contributed by atoms with E-state index in [0.29, 0.717) is 0 Å². The molecule has 1 heterocycles. The highest BCUT2D eigenvalue weighted by Gasteiger charge is 2.20. The molecule has 0 fully saturated rings. The number of fused-ring (bicyclic) bond motifs is 1. The second-order valence-electron chi connectivity index (χ2n) is 4.52. The third kappa shape index (κ3) is 3.65. The number of benzene rings is 1.